The van der Waals surface area contributed by atoms with Gasteiger partial charge in [-0.25, -0.2) is 9.97 Å². The maximum atomic E-state index is 11.2. The minimum Gasteiger partial charge on any atom is -0.494 e. The molecule has 0 spiro atoms. The molecule has 1 aromatic carbocycles. The van der Waals surface area contributed by atoms with E-state index >= 15 is 0 Å². The zero-order valence-electron chi connectivity index (χ0n) is 11.2. The van der Waals surface area contributed by atoms with E-state index in [0.29, 0.717) is 12.4 Å². The number of hydrogen-bond acceptors (Lipinski definition) is 5. The van der Waals surface area contributed by atoms with Gasteiger partial charge in [-0.3, -0.25) is 4.79 Å². The Kier molecular flexibility index (Phi) is 4.49. The number of anilines is 2. The predicted molar refractivity (Wildman–Crippen MR) is 76.1 cm³/mol. The maximum absolute atomic E-state index is 11.2. The summed E-state index contributed by atoms with van der Waals surface area (Å²) in [5.41, 5.74) is 6.13. The van der Waals surface area contributed by atoms with E-state index in [4.69, 9.17) is 10.5 Å². The monoisotopic (exact) mass is 272 g/mol. The van der Waals surface area contributed by atoms with Crippen LogP contribution < -0.4 is 15.8 Å². The van der Waals surface area contributed by atoms with Crippen LogP contribution in [0, 0.1) is 0 Å². The number of aromatic nitrogens is 2. The molecule has 0 aliphatic carbocycles. The molecular formula is C14H16N4O2. The lowest BCUT2D eigenvalue weighted by atomic mass is 10.3. The first kappa shape index (κ1) is 13.8. The summed E-state index contributed by atoms with van der Waals surface area (Å²) in [5, 5.41) is 3.01. The van der Waals surface area contributed by atoms with Crippen molar-refractivity contribution in [2.24, 2.45) is 5.73 Å². The molecule has 6 heteroatoms. The Morgan fingerprint density at radius 2 is 1.95 bits per heavy atom. The zero-order valence-corrected chi connectivity index (χ0v) is 11.2. The van der Waals surface area contributed by atoms with Gasteiger partial charge in [0, 0.05) is 18.1 Å². The van der Waals surface area contributed by atoms with Crippen LogP contribution >= 0.6 is 0 Å². The molecule has 3 N–H and O–H groups in total. The molecule has 0 saturated carbocycles. The van der Waals surface area contributed by atoms with Gasteiger partial charge in [-0.2, -0.15) is 0 Å². The minimum absolute atomic E-state index is 0.110. The second-order valence-corrected chi connectivity index (χ2v) is 4.12. The van der Waals surface area contributed by atoms with E-state index in [0.717, 1.165) is 17.9 Å². The molecule has 0 saturated heterocycles. The van der Waals surface area contributed by atoms with Gasteiger partial charge in [0.1, 0.15) is 5.75 Å². The normalized spacial score (nSPS) is 10.1. The van der Waals surface area contributed by atoms with Crippen LogP contribution in [0.2, 0.25) is 0 Å². The molecule has 1 heterocycles. The van der Waals surface area contributed by atoms with Crippen molar-refractivity contribution in [3.8, 4) is 5.75 Å². The molecule has 0 atom stereocenters. The smallest absolute Gasteiger partial charge is 0.271 e. The molecule has 20 heavy (non-hydrogen) atoms. The number of benzene rings is 1. The van der Waals surface area contributed by atoms with Gasteiger partial charge in [0.2, 0.25) is 0 Å². The van der Waals surface area contributed by atoms with Crippen LogP contribution in [0.15, 0.2) is 36.7 Å². The molecule has 0 radical (unpaired) electrons. The van der Waals surface area contributed by atoms with Crippen LogP contribution in [-0.4, -0.2) is 22.5 Å². The summed E-state index contributed by atoms with van der Waals surface area (Å²) < 4.78 is 5.49. The molecule has 0 aliphatic heterocycles. The van der Waals surface area contributed by atoms with Crippen molar-refractivity contribution in [1.82, 2.24) is 9.97 Å². The Labute approximate surface area is 117 Å². The fraction of sp³-hybridized carbons (Fsp3) is 0.214. The number of hydrogen-bond donors (Lipinski definition) is 2. The number of nitrogens with zero attached hydrogens (tertiary/aromatic N) is 2. The van der Waals surface area contributed by atoms with Crippen molar-refractivity contribution in [2.45, 2.75) is 13.3 Å². The van der Waals surface area contributed by atoms with Crippen molar-refractivity contribution in [1.29, 1.82) is 0 Å². The Morgan fingerprint density at radius 3 is 2.60 bits per heavy atom. The number of primary amides is 1. The number of ether oxygens (including phenoxy) is 1. The Morgan fingerprint density at radius 1 is 1.25 bits per heavy atom. The molecule has 6 nitrogen and oxygen atoms in total. The zero-order chi connectivity index (χ0) is 14.4. The summed E-state index contributed by atoms with van der Waals surface area (Å²) in [7, 11) is 0. The maximum Gasteiger partial charge on any atom is 0.271 e. The lowest BCUT2D eigenvalue weighted by Gasteiger charge is -2.09. The van der Waals surface area contributed by atoms with Crippen molar-refractivity contribution < 1.29 is 9.53 Å². The fourth-order valence-corrected chi connectivity index (χ4v) is 1.60. The first-order valence-corrected chi connectivity index (χ1v) is 6.31. The van der Waals surface area contributed by atoms with Gasteiger partial charge < -0.3 is 15.8 Å². The van der Waals surface area contributed by atoms with E-state index in [2.05, 4.69) is 22.2 Å². The van der Waals surface area contributed by atoms with E-state index in [1.165, 1.54) is 12.4 Å². The Hall–Kier alpha value is -2.63. The minimum atomic E-state index is -0.622. The first-order chi connectivity index (χ1) is 9.70. The number of rotatable bonds is 6. The van der Waals surface area contributed by atoms with E-state index < -0.39 is 5.91 Å². The predicted octanol–water partition coefficient (Wildman–Crippen LogP) is 2.11. The van der Waals surface area contributed by atoms with Crippen molar-refractivity contribution in [3.63, 3.8) is 0 Å². The number of nitrogens with two attached hydrogens (primary N) is 1. The third-order valence-electron chi connectivity index (χ3n) is 2.52. The van der Waals surface area contributed by atoms with Gasteiger partial charge in [-0.15, -0.1) is 0 Å². The molecule has 1 amide bonds. The lowest BCUT2D eigenvalue weighted by molar-refractivity contribution is 0.0996. The van der Waals surface area contributed by atoms with E-state index in [1.54, 1.807) is 0 Å². The molecule has 1 aromatic heterocycles. The quantitative estimate of drug-likeness (QED) is 0.840. The van der Waals surface area contributed by atoms with Gasteiger partial charge in [0.25, 0.3) is 5.91 Å². The summed E-state index contributed by atoms with van der Waals surface area (Å²) >= 11 is 0. The number of amides is 1. The van der Waals surface area contributed by atoms with E-state index in [9.17, 15) is 4.79 Å². The Balaban J connectivity index is 2.12. The van der Waals surface area contributed by atoms with Crippen molar-refractivity contribution in [2.75, 3.05) is 11.9 Å². The molecule has 2 rings (SSSR count). The van der Waals surface area contributed by atoms with Gasteiger partial charge in [0.05, 0.1) is 6.61 Å². The van der Waals surface area contributed by atoms with Gasteiger partial charge >= 0.3 is 0 Å². The fourth-order valence-electron chi connectivity index (χ4n) is 1.60. The second-order valence-electron chi connectivity index (χ2n) is 4.12. The topological polar surface area (TPSA) is 90.1 Å². The van der Waals surface area contributed by atoms with Crippen molar-refractivity contribution in [3.05, 3.63) is 42.4 Å². The molecule has 0 fully saturated rings. The van der Waals surface area contributed by atoms with Crippen LogP contribution in [0.25, 0.3) is 0 Å². The molecule has 2 aromatic rings. The largest absolute Gasteiger partial charge is 0.494 e. The second kappa shape index (κ2) is 6.51. The van der Waals surface area contributed by atoms with Crippen LogP contribution in [0.5, 0.6) is 5.75 Å². The van der Waals surface area contributed by atoms with Crippen molar-refractivity contribution >= 4 is 17.4 Å². The van der Waals surface area contributed by atoms with Gasteiger partial charge in [-0.05, 0) is 30.7 Å². The molecular weight excluding hydrogens is 256 g/mol. The highest BCUT2D eigenvalue weighted by Gasteiger charge is 2.10. The number of carbonyl (C=O) groups is 1. The summed E-state index contributed by atoms with van der Waals surface area (Å²) in [6, 6.07) is 7.37. The van der Waals surface area contributed by atoms with Crippen LogP contribution in [0.4, 0.5) is 11.5 Å². The van der Waals surface area contributed by atoms with Gasteiger partial charge in [-0.1, -0.05) is 6.92 Å². The standard InChI is InChI=1S/C14H16N4O2/c1-2-9-20-11-5-3-10(4-6-11)18-14-12(13(15)19)16-7-8-17-14/h3-8H,2,9H2,1H3,(H2,15,19)(H,17,18). The van der Waals surface area contributed by atoms with Crippen LogP contribution in [0.1, 0.15) is 23.8 Å². The summed E-state index contributed by atoms with van der Waals surface area (Å²) in [6.07, 6.45) is 3.88. The molecule has 0 aliphatic rings. The highest BCUT2D eigenvalue weighted by molar-refractivity contribution is 5.96. The highest BCUT2D eigenvalue weighted by atomic mass is 16.5. The summed E-state index contributed by atoms with van der Waals surface area (Å²) in [5.74, 6) is 0.511. The first-order valence-electron chi connectivity index (χ1n) is 6.31. The molecule has 0 unspecified atom stereocenters. The van der Waals surface area contributed by atoms with E-state index in [1.807, 2.05) is 24.3 Å². The van der Waals surface area contributed by atoms with E-state index in [-0.39, 0.29) is 5.69 Å². The molecule has 104 valence electrons. The van der Waals surface area contributed by atoms with Crippen LogP contribution in [-0.2, 0) is 0 Å². The third-order valence-corrected chi connectivity index (χ3v) is 2.52. The summed E-state index contributed by atoms with van der Waals surface area (Å²) in [6.45, 7) is 2.73. The number of carbonyl (C=O) groups excluding carboxylic acids is 1. The van der Waals surface area contributed by atoms with Crippen LogP contribution in [0.3, 0.4) is 0 Å². The average Bonchev–Trinajstić information content (AvgIpc) is 2.47. The molecule has 0 bridgehead atoms. The SMILES string of the molecule is CCCOc1ccc(Nc2nccnc2C(N)=O)cc1. The van der Waals surface area contributed by atoms with Gasteiger partial charge in [0.15, 0.2) is 11.5 Å². The third kappa shape index (κ3) is 3.44. The Bertz CT molecular complexity index is 584. The highest BCUT2D eigenvalue weighted by Crippen LogP contribution is 2.20. The lowest BCUT2D eigenvalue weighted by Crippen LogP contribution is -2.16. The number of nitrogens with one attached hydrogen (secondary N) is 1. The summed E-state index contributed by atoms with van der Waals surface area (Å²) in [4.78, 5) is 19.2. The average molecular weight is 272 g/mol.